The van der Waals surface area contributed by atoms with Crippen molar-refractivity contribution in [2.75, 3.05) is 6.61 Å². The summed E-state index contributed by atoms with van der Waals surface area (Å²) in [6.45, 7) is -0.911. The van der Waals surface area contributed by atoms with Gasteiger partial charge in [0, 0.05) is 0 Å². The van der Waals surface area contributed by atoms with Gasteiger partial charge in [-0.15, -0.1) is 12.4 Å². The van der Waals surface area contributed by atoms with Gasteiger partial charge in [0.2, 0.25) is 0 Å². The first-order chi connectivity index (χ1) is 12.0. The second-order valence-electron chi connectivity index (χ2n) is 6.43. The van der Waals surface area contributed by atoms with Gasteiger partial charge in [0.25, 0.3) is 0 Å². The number of benzene rings is 4. The number of amides is 1. The monoisotopic (exact) mass is 373 g/mol. The van der Waals surface area contributed by atoms with Gasteiger partial charge in [-0.3, -0.25) is 0 Å². The molecule has 1 aliphatic heterocycles. The molecule has 1 fully saturated rings. The molecule has 0 bridgehead atoms. The molecule has 132 valence electrons. The number of carbonyl (C=O) groups excluding carboxylic acids is 1. The lowest BCUT2D eigenvalue weighted by molar-refractivity contribution is -0.103. The second-order valence-corrected chi connectivity index (χ2v) is 6.43. The highest BCUT2D eigenvalue weighted by Gasteiger charge is 2.47. The van der Waals surface area contributed by atoms with Crippen LogP contribution in [0.3, 0.4) is 0 Å². The molecule has 1 amide bonds. The van der Waals surface area contributed by atoms with E-state index in [4.69, 9.17) is 0 Å². The Morgan fingerprint density at radius 2 is 1.54 bits per heavy atom. The minimum absolute atomic E-state index is 0. The highest BCUT2D eigenvalue weighted by atomic mass is 35.5. The maximum absolute atomic E-state index is 14.4. The summed E-state index contributed by atoms with van der Waals surface area (Å²) in [6, 6.07) is 15.9. The van der Waals surface area contributed by atoms with Crippen molar-refractivity contribution in [1.82, 2.24) is 5.32 Å². The molecule has 1 N–H and O–H groups in total. The van der Waals surface area contributed by atoms with Crippen molar-refractivity contribution < 1.29 is 18.3 Å². The van der Waals surface area contributed by atoms with E-state index < -0.39 is 24.7 Å². The van der Waals surface area contributed by atoms with Crippen molar-refractivity contribution in [1.29, 1.82) is 0 Å². The van der Waals surface area contributed by atoms with E-state index in [-0.39, 0.29) is 12.4 Å². The predicted octanol–water partition coefficient (Wildman–Crippen LogP) is 5.42. The molecule has 0 aliphatic carbocycles. The van der Waals surface area contributed by atoms with E-state index in [1.54, 1.807) is 6.07 Å². The van der Waals surface area contributed by atoms with Crippen LogP contribution in [-0.4, -0.2) is 18.6 Å². The Morgan fingerprint density at radius 1 is 0.923 bits per heavy atom. The SMILES string of the molecule is Cl.O=C1N[C@@H](c2ccc3ccc4cccc5ccc2c3c45)C(F)(F)CO1. The average molecular weight is 374 g/mol. The highest BCUT2D eigenvalue weighted by Crippen LogP contribution is 2.42. The third kappa shape index (κ3) is 2.27. The zero-order chi connectivity index (χ0) is 17.2. The van der Waals surface area contributed by atoms with Gasteiger partial charge in [0.1, 0.15) is 6.04 Å². The Hall–Kier alpha value is -2.66. The fraction of sp³-hybridized carbons (Fsp3) is 0.150. The van der Waals surface area contributed by atoms with Crippen molar-refractivity contribution in [3.05, 3.63) is 60.2 Å². The van der Waals surface area contributed by atoms with Crippen molar-refractivity contribution >= 4 is 50.8 Å². The molecule has 1 saturated heterocycles. The first kappa shape index (κ1) is 16.8. The van der Waals surface area contributed by atoms with E-state index in [1.165, 1.54) is 0 Å². The number of carbonyl (C=O) groups is 1. The molecular formula is C20H14ClF2NO2. The number of halogens is 3. The molecule has 0 saturated carbocycles. The maximum Gasteiger partial charge on any atom is 0.408 e. The molecule has 1 heterocycles. The van der Waals surface area contributed by atoms with Gasteiger partial charge in [0.15, 0.2) is 6.61 Å². The van der Waals surface area contributed by atoms with Crippen LogP contribution in [0.4, 0.5) is 13.6 Å². The molecule has 0 aromatic heterocycles. The Bertz CT molecular complexity index is 1130. The molecule has 26 heavy (non-hydrogen) atoms. The number of hydrogen-bond acceptors (Lipinski definition) is 2. The van der Waals surface area contributed by atoms with Crippen LogP contribution in [-0.2, 0) is 4.74 Å². The number of ether oxygens (including phenoxy) is 1. The fourth-order valence-electron chi connectivity index (χ4n) is 3.83. The molecule has 4 aromatic carbocycles. The van der Waals surface area contributed by atoms with Crippen LogP contribution in [0.25, 0.3) is 32.3 Å². The molecular weight excluding hydrogens is 360 g/mol. The van der Waals surface area contributed by atoms with Gasteiger partial charge in [0.05, 0.1) is 0 Å². The van der Waals surface area contributed by atoms with Gasteiger partial charge in [-0.25, -0.2) is 13.6 Å². The standard InChI is InChI=1S/C20H13F2NO2.ClH/c21-20(22)10-25-19(24)23-18(20)15-9-7-13-5-4-11-2-1-3-12-6-8-14(15)17(13)16(11)12;/h1-9,18H,10H2,(H,23,24);1H/t18-;/m0./s1. The largest absolute Gasteiger partial charge is 0.443 e. The maximum atomic E-state index is 14.4. The smallest absolute Gasteiger partial charge is 0.408 e. The molecule has 0 spiro atoms. The van der Waals surface area contributed by atoms with Crippen LogP contribution >= 0.6 is 12.4 Å². The lowest BCUT2D eigenvalue weighted by Gasteiger charge is -2.32. The first-order valence-corrected chi connectivity index (χ1v) is 8.02. The summed E-state index contributed by atoms with van der Waals surface area (Å²) in [5.41, 5.74) is 0.410. The average Bonchev–Trinajstić information content (AvgIpc) is 2.62. The molecule has 3 nitrogen and oxygen atoms in total. The van der Waals surface area contributed by atoms with Crippen LogP contribution in [0.1, 0.15) is 11.6 Å². The molecule has 0 radical (unpaired) electrons. The minimum atomic E-state index is -3.17. The third-order valence-electron chi connectivity index (χ3n) is 4.95. The van der Waals surface area contributed by atoms with Crippen molar-refractivity contribution in [2.45, 2.75) is 12.0 Å². The van der Waals surface area contributed by atoms with E-state index in [1.807, 2.05) is 48.5 Å². The van der Waals surface area contributed by atoms with Gasteiger partial charge in [-0.2, -0.15) is 0 Å². The molecule has 5 rings (SSSR count). The predicted molar refractivity (Wildman–Crippen MR) is 99.6 cm³/mol. The first-order valence-electron chi connectivity index (χ1n) is 8.02. The molecule has 1 aliphatic rings. The normalized spacial score (nSPS) is 19.3. The van der Waals surface area contributed by atoms with Gasteiger partial charge < -0.3 is 10.1 Å². The summed E-state index contributed by atoms with van der Waals surface area (Å²) >= 11 is 0. The summed E-state index contributed by atoms with van der Waals surface area (Å²) in [7, 11) is 0. The number of hydrogen-bond donors (Lipinski definition) is 1. The minimum Gasteiger partial charge on any atom is -0.443 e. The lowest BCUT2D eigenvalue weighted by atomic mass is 9.88. The second kappa shape index (κ2) is 5.68. The Balaban J connectivity index is 0.00000168. The number of rotatable bonds is 1. The van der Waals surface area contributed by atoms with Crippen LogP contribution < -0.4 is 5.32 Å². The summed E-state index contributed by atoms with van der Waals surface area (Å²) in [5, 5.41) is 8.14. The molecule has 1 atom stereocenters. The summed E-state index contributed by atoms with van der Waals surface area (Å²) in [4.78, 5) is 11.5. The van der Waals surface area contributed by atoms with E-state index in [0.717, 1.165) is 32.3 Å². The van der Waals surface area contributed by atoms with Gasteiger partial charge in [-0.05, 0) is 37.9 Å². The number of nitrogens with one attached hydrogen (secondary N) is 1. The summed E-state index contributed by atoms with van der Waals surface area (Å²) in [6.07, 6.45) is -0.818. The van der Waals surface area contributed by atoms with Gasteiger partial charge >= 0.3 is 12.0 Å². The zero-order valence-corrected chi connectivity index (χ0v) is 14.3. The topological polar surface area (TPSA) is 38.3 Å². The number of alkyl halides is 2. The van der Waals surface area contributed by atoms with E-state index in [9.17, 15) is 13.6 Å². The fourth-order valence-corrected chi connectivity index (χ4v) is 3.83. The Labute approximate surface area is 153 Å². The quantitative estimate of drug-likeness (QED) is 0.452. The van der Waals surface area contributed by atoms with E-state index in [0.29, 0.717) is 5.56 Å². The van der Waals surface area contributed by atoms with Crippen LogP contribution in [0.5, 0.6) is 0 Å². The van der Waals surface area contributed by atoms with Gasteiger partial charge in [-0.1, -0.05) is 54.6 Å². The lowest BCUT2D eigenvalue weighted by Crippen LogP contribution is -2.49. The summed E-state index contributed by atoms with van der Waals surface area (Å²) < 4.78 is 33.3. The Kier molecular flexibility index (Phi) is 3.66. The molecule has 0 unspecified atom stereocenters. The number of alkyl carbamates (subject to hydrolysis) is 1. The van der Waals surface area contributed by atoms with Crippen LogP contribution in [0.2, 0.25) is 0 Å². The Morgan fingerprint density at radius 3 is 2.27 bits per heavy atom. The van der Waals surface area contributed by atoms with Crippen LogP contribution in [0, 0.1) is 0 Å². The number of cyclic esters (lactones) is 1. The van der Waals surface area contributed by atoms with Crippen LogP contribution in [0.15, 0.2) is 54.6 Å². The molecule has 4 aromatic rings. The van der Waals surface area contributed by atoms with E-state index in [2.05, 4.69) is 10.1 Å². The van der Waals surface area contributed by atoms with E-state index >= 15 is 0 Å². The van der Waals surface area contributed by atoms with Crippen molar-refractivity contribution in [2.24, 2.45) is 0 Å². The zero-order valence-electron chi connectivity index (χ0n) is 13.5. The third-order valence-corrected chi connectivity index (χ3v) is 4.95. The molecule has 6 heteroatoms. The van der Waals surface area contributed by atoms with Crippen molar-refractivity contribution in [3.8, 4) is 0 Å². The van der Waals surface area contributed by atoms with Crippen molar-refractivity contribution in [3.63, 3.8) is 0 Å². The summed E-state index contributed by atoms with van der Waals surface area (Å²) in [5.74, 6) is -3.17. The highest BCUT2D eigenvalue weighted by molar-refractivity contribution is 6.23.